The molecule has 14 rings (SSSR count). The number of rotatable bonds is 25. The number of halogens is 35. The molecule has 0 bridgehead atoms. The number of benzene rings is 14. The lowest BCUT2D eigenvalue weighted by Gasteiger charge is -2.09. The molecule has 0 aliphatic rings. The van der Waals surface area contributed by atoms with E-state index >= 15 is 0 Å². The highest BCUT2D eigenvalue weighted by molar-refractivity contribution is 7.38. The molecule has 0 heterocycles. The second-order valence-electron chi connectivity index (χ2n) is 29.8. The van der Waals surface area contributed by atoms with Gasteiger partial charge in [-0.3, -0.25) is 0 Å². The fourth-order valence-electron chi connectivity index (χ4n) is 12.3. The Hall–Kier alpha value is -12.1. The van der Waals surface area contributed by atoms with E-state index < -0.39 is 238 Å². The van der Waals surface area contributed by atoms with Crippen LogP contribution in [0.3, 0.4) is 0 Å². The third-order valence-corrected chi connectivity index (χ3v) is 22.3. The molecule has 0 saturated carbocycles. The molecule has 3 nitrogen and oxygen atoms in total. The Balaban J connectivity index is 0.000000344. The highest BCUT2D eigenvalue weighted by Crippen LogP contribution is 2.40. The van der Waals surface area contributed by atoms with Crippen molar-refractivity contribution in [1.29, 1.82) is 0 Å². The smallest absolute Gasteiger partial charge is 0.402 e. The molecule has 0 aliphatic carbocycles. The largest absolute Gasteiger partial charge is 0.631 e. The third kappa shape index (κ3) is 38.5. The van der Waals surface area contributed by atoms with Gasteiger partial charge in [-0.25, -0.2) is 154 Å². The number of hydrogen-bond acceptors (Lipinski definition) is 3. The Morgan fingerprint density at radius 1 is 0.170 bits per heavy atom. The van der Waals surface area contributed by atoms with Crippen LogP contribution in [0.4, 0.5) is 154 Å². The van der Waals surface area contributed by atoms with Gasteiger partial charge in [0.05, 0.1) is 22.3 Å². The molecule has 0 saturated heterocycles. The zero-order valence-electron chi connectivity index (χ0n) is 77.3. The van der Waals surface area contributed by atoms with E-state index in [0.29, 0.717) is 74.3 Å². The summed E-state index contributed by atoms with van der Waals surface area (Å²) in [6, 6.07) is 65.0. The Kier molecular flexibility index (Phi) is 57.9. The van der Waals surface area contributed by atoms with Crippen molar-refractivity contribution < 1.29 is 169 Å². The van der Waals surface area contributed by atoms with Crippen LogP contribution in [0.15, 0.2) is 231 Å². The first-order valence-electron chi connectivity index (χ1n) is 43.7. The molecule has 0 amide bonds. The first kappa shape index (κ1) is 127. The van der Waals surface area contributed by atoms with Crippen LogP contribution in [0.1, 0.15) is 97.8 Å². The average Bonchev–Trinajstić information content (AvgIpc) is 0.779. The summed E-state index contributed by atoms with van der Waals surface area (Å²) < 4.78 is 453. The van der Waals surface area contributed by atoms with Crippen molar-refractivity contribution in [2.45, 2.75) is 97.8 Å². The fraction of sp³-hybridized carbons (Fsp3) is 0.200. The monoisotopic (exact) mass is 2170 g/mol. The first-order chi connectivity index (χ1) is 69.9. The number of alkyl halides is 3. The van der Waals surface area contributed by atoms with Crippen LogP contribution < -0.4 is 0 Å². The van der Waals surface area contributed by atoms with Crippen molar-refractivity contribution >= 4 is 33.1 Å². The third-order valence-electron chi connectivity index (χ3n) is 19.6. The van der Waals surface area contributed by atoms with Gasteiger partial charge in [-0.15, -0.1) is 0 Å². The van der Waals surface area contributed by atoms with Crippen LogP contribution in [0.25, 0.3) is 77.9 Å². The maximum Gasteiger partial charge on any atom is 0.631 e. The zero-order valence-corrected chi connectivity index (χ0v) is 80.3. The molecule has 3 atom stereocenters. The second kappa shape index (κ2) is 67.0. The summed E-state index contributed by atoms with van der Waals surface area (Å²) in [7, 11) is -0.488. The number of unbranched alkanes of at least 4 members (excludes halogenated alkanes) is 9. The van der Waals surface area contributed by atoms with E-state index in [4.69, 9.17) is 15.1 Å². The molecular weight excluding hydrogens is 2080 g/mol. The molecule has 0 radical (unpaired) electrons. The summed E-state index contributed by atoms with van der Waals surface area (Å²) in [6.45, 7) is 6.58. The predicted molar refractivity (Wildman–Crippen MR) is 504 cm³/mol. The molecule has 0 aromatic heterocycles. The SMILES string of the molecule is CCCCCCPCF.CCCCCCPCF.CCCCCCPCF.Fc1ccc(-c2c(F)c(F)c(F)c(F)c2F)c(F)c1F.Fc1ccc(-c2c(F)c(F)c(F)c(F)c2F)c(F)c1F.Fc1ccc(-c2c(F)c(F)c(F)c(F)c2F)c(F)c1F.Fc1ccc(-c2c(F)c(F)c(F)c(F)c2F)c(F)c1F.OB(O)O.c1ccc(-c2ccccc2)cc1.c1ccc(-c2ccccc2)cc1.c1ccc(-c2ccccc2)cc1. The molecule has 3 unspecified atom stereocenters. The normalized spacial score (nSPS) is 10.6. The zero-order chi connectivity index (χ0) is 110. The molecule has 14 aromatic rings. The standard InChI is InChI=1S/4C12H2F8.3C12H10.3C7H16FP.BH3O3/c4*13-4-2-1-3(6(14)7(4)15)5-8(16)10(18)12(20)11(19)9(5)17;3*1-3-7-11(8-4-1)12-9-5-2-6-10-12;3*1-2-3-4-5-6-9-7-8;2-1(3)4/h4*1-2H;3*1-10H;3*9H,2-7H2,1H3;2-4H. The van der Waals surface area contributed by atoms with Gasteiger partial charge in [-0.2, -0.15) is 0 Å². The summed E-state index contributed by atoms with van der Waals surface area (Å²) in [5.74, 6) is -70.3. The van der Waals surface area contributed by atoms with E-state index in [1.807, 2.05) is 36.4 Å². The summed E-state index contributed by atoms with van der Waals surface area (Å²) in [5.41, 5.74) is -4.14. The van der Waals surface area contributed by atoms with Crippen LogP contribution in [-0.2, 0) is 0 Å². The molecule has 3 N–H and O–H groups in total. The molecule has 147 heavy (non-hydrogen) atoms. The molecule has 0 spiro atoms. The highest BCUT2D eigenvalue weighted by Gasteiger charge is 2.35. The van der Waals surface area contributed by atoms with E-state index in [0.717, 1.165) is 18.5 Å². The van der Waals surface area contributed by atoms with Crippen LogP contribution in [-0.4, -0.2) is 60.1 Å². The summed E-state index contributed by atoms with van der Waals surface area (Å²) in [5, 5.41) is 21.5. The van der Waals surface area contributed by atoms with Crippen molar-refractivity contribution in [2.75, 3.05) is 37.7 Å². The topological polar surface area (TPSA) is 60.7 Å². The summed E-state index contributed by atoms with van der Waals surface area (Å²) >= 11 is 0. The predicted octanol–water partition coefficient (Wildman–Crippen LogP) is 35.4. The van der Waals surface area contributed by atoms with Gasteiger partial charge in [0.15, 0.2) is 163 Å². The molecule has 0 aliphatic heterocycles. The van der Waals surface area contributed by atoms with Gasteiger partial charge in [-0.05, 0) is 120 Å². The minimum atomic E-state index is -2.44. The van der Waals surface area contributed by atoms with Crippen molar-refractivity contribution in [3.05, 3.63) is 417 Å². The van der Waals surface area contributed by atoms with Gasteiger partial charge >= 0.3 is 7.32 Å². The van der Waals surface area contributed by atoms with Crippen LogP contribution in [0.2, 0.25) is 0 Å². The van der Waals surface area contributed by atoms with Crippen LogP contribution >= 0.6 is 25.7 Å². The van der Waals surface area contributed by atoms with Crippen molar-refractivity contribution in [2.24, 2.45) is 0 Å². The van der Waals surface area contributed by atoms with Gasteiger partial charge in [0, 0.05) is 22.3 Å². The average molecular weight is 2170 g/mol. The maximum atomic E-state index is 13.4. The Morgan fingerprint density at radius 3 is 0.435 bits per heavy atom. The van der Waals surface area contributed by atoms with Gasteiger partial charge < -0.3 is 15.1 Å². The van der Waals surface area contributed by atoms with E-state index in [1.54, 1.807) is 0 Å². The quantitative estimate of drug-likeness (QED) is 0.0133. The van der Waals surface area contributed by atoms with Crippen LogP contribution in [0.5, 0.6) is 0 Å². The van der Waals surface area contributed by atoms with Gasteiger partial charge in [0.1, 0.15) is 19.2 Å². The minimum absolute atomic E-state index is 0.105. The molecule has 0 fully saturated rings. The minimum Gasteiger partial charge on any atom is -0.402 e. The lowest BCUT2D eigenvalue weighted by atomic mass is 10.0. The lowest BCUT2D eigenvalue weighted by Crippen LogP contribution is -2.07. The van der Waals surface area contributed by atoms with Gasteiger partial charge in [-0.1, -0.05) is 286 Å². The van der Waals surface area contributed by atoms with E-state index in [9.17, 15) is 154 Å². The van der Waals surface area contributed by atoms with E-state index in [2.05, 4.69) is 166 Å². The first-order valence-corrected chi connectivity index (χ1v) is 48.0. The number of hydrogen-bond donors (Lipinski definition) is 3. The fourth-order valence-corrected chi connectivity index (χ4v) is 14.2. The van der Waals surface area contributed by atoms with Crippen molar-refractivity contribution in [1.82, 2.24) is 0 Å². The van der Waals surface area contributed by atoms with Crippen molar-refractivity contribution in [3.63, 3.8) is 0 Å². The summed E-state index contributed by atoms with van der Waals surface area (Å²) in [6.07, 6.45) is 18.4. The van der Waals surface area contributed by atoms with E-state index in [1.165, 1.54) is 110 Å². The maximum absolute atomic E-state index is 13.4. The molecule has 14 aromatic carbocycles. The Bertz CT molecular complexity index is 5430. The Labute approximate surface area is 828 Å². The van der Waals surface area contributed by atoms with Crippen LogP contribution in [0, 0.1) is 186 Å². The highest BCUT2D eigenvalue weighted by atomic mass is 31.1. The molecular formula is C105H89BF35O3P3. The lowest BCUT2D eigenvalue weighted by molar-refractivity contribution is 0.278. The van der Waals surface area contributed by atoms with E-state index in [-0.39, 0.29) is 19.2 Å². The summed E-state index contributed by atoms with van der Waals surface area (Å²) in [4.78, 5) is 0. The van der Waals surface area contributed by atoms with Crippen molar-refractivity contribution in [3.8, 4) is 77.9 Å². The van der Waals surface area contributed by atoms with Gasteiger partial charge in [0.25, 0.3) is 0 Å². The van der Waals surface area contributed by atoms with Gasteiger partial charge in [0.2, 0.25) is 23.3 Å². The second-order valence-corrected chi connectivity index (χ2v) is 33.6. The molecule has 42 heteroatoms. The Morgan fingerprint density at radius 2 is 0.306 bits per heavy atom. The molecule has 790 valence electrons.